The highest BCUT2D eigenvalue weighted by molar-refractivity contribution is 5.93. The predicted octanol–water partition coefficient (Wildman–Crippen LogP) is 2.34. The number of pyridine rings is 1. The van der Waals surface area contributed by atoms with Crippen molar-refractivity contribution in [3.63, 3.8) is 0 Å². The molecule has 122 valence electrons. The lowest BCUT2D eigenvalue weighted by molar-refractivity contribution is 0.0632. The first kappa shape index (κ1) is 15.7. The molecule has 0 aromatic carbocycles. The van der Waals surface area contributed by atoms with Gasteiger partial charge in [-0.15, -0.1) is 0 Å². The van der Waals surface area contributed by atoms with Gasteiger partial charge in [0.25, 0.3) is 5.91 Å². The van der Waals surface area contributed by atoms with Gasteiger partial charge in [-0.1, -0.05) is 12.1 Å². The predicted molar refractivity (Wildman–Crippen MR) is 87.0 cm³/mol. The number of hydrogen-bond donors (Lipinski definition) is 1. The van der Waals surface area contributed by atoms with Gasteiger partial charge < -0.3 is 14.7 Å². The van der Waals surface area contributed by atoms with E-state index in [4.69, 9.17) is 4.52 Å². The van der Waals surface area contributed by atoms with Crippen LogP contribution >= 0.6 is 0 Å². The largest absolute Gasteiger partial charge is 0.355 e. The van der Waals surface area contributed by atoms with E-state index in [-0.39, 0.29) is 11.9 Å². The standard InChI is InChI=1S/C17H22N4O2/c1-2-10-21(14-5-8-18-9-6-14)17(22)15-11-16(23-20-15)13-4-3-7-19-12-13/h3-4,7,11-12,14,18H,2,5-6,8-10H2,1H3. The van der Waals surface area contributed by atoms with Crippen molar-refractivity contribution in [2.24, 2.45) is 0 Å². The van der Waals surface area contributed by atoms with E-state index >= 15 is 0 Å². The molecule has 0 bridgehead atoms. The number of nitrogens with zero attached hydrogens (tertiary/aromatic N) is 3. The minimum atomic E-state index is -0.0439. The van der Waals surface area contributed by atoms with Gasteiger partial charge in [0, 0.05) is 36.6 Å². The maximum atomic E-state index is 12.8. The summed E-state index contributed by atoms with van der Waals surface area (Å²) in [6, 6.07) is 5.71. The topological polar surface area (TPSA) is 71.3 Å². The summed E-state index contributed by atoms with van der Waals surface area (Å²) in [5.74, 6) is 0.529. The van der Waals surface area contributed by atoms with E-state index < -0.39 is 0 Å². The van der Waals surface area contributed by atoms with E-state index in [0.717, 1.165) is 44.5 Å². The molecule has 0 aliphatic carbocycles. The van der Waals surface area contributed by atoms with Gasteiger partial charge in [-0.3, -0.25) is 9.78 Å². The van der Waals surface area contributed by atoms with Crippen molar-refractivity contribution in [1.82, 2.24) is 20.4 Å². The second kappa shape index (κ2) is 7.37. The summed E-state index contributed by atoms with van der Waals surface area (Å²) in [5, 5.41) is 7.32. The van der Waals surface area contributed by atoms with Crippen LogP contribution in [-0.4, -0.2) is 46.6 Å². The number of carbonyl (C=O) groups excluding carboxylic acids is 1. The van der Waals surface area contributed by atoms with E-state index in [1.807, 2.05) is 17.0 Å². The summed E-state index contributed by atoms with van der Waals surface area (Å²) in [5.41, 5.74) is 1.19. The molecule has 0 atom stereocenters. The summed E-state index contributed by atoms with van der Waals surface area (Å²) >= 11 is 0. The highest BCUT2D eigenvalue weighted by Gasteiger charge is 2.27. The summed E-state index contributed by atoms with van der Waals surface area (Å²) in [4.78, 5) is 18.9. The number of nitrogens with one attached hydrogen (secondary N) is 1. The molecule has 1 fully saturated rings. The Morgan fingerprint density at radius 3 is 2.96 bits per heavy atom. The Morgan fingerprint density at radius 1 is 1.43 bits per heavy atom. The third-order valence-electron chi connectivity index (χ3n) is 4.15. The molecule has 1 aliphatic heterocycles. The zero-order valence-electron chi connectivity index (χ0n) is 13.4. The average molecular weight is 314 g/mol. The highest BCUT2D eigenvalue weighted by Crippen LogP contribution is 2.21. The maximum absolute atomic E-state index is 12.8. The lowest BCUT2D eigenvalue weighted by Crippen LogP contribution is -2.46. The zero-order valence-corrected chi connectivity index (χ0v) is 13.4. The molecule has 3 heterocycles. The molecule has 0 spiro atoms. The SMILES string of the molecule is CCCN(C(=O)c1cc(-c2cccnc2)on1)C1CCNCC1. The Kier molecular flexibility index (Phi) is 5.02. The van der Waals surface area contributed by atoms with Crippen molar-refractivity contribution in [1.29, 1.82) is 0 Å². The number of aromatic nitrogens is 2. The fourth-order valence-corrected chi connectivity index (χ4v) is 2.98. The van der Waals surface area contributed by atoms with Gasteiger partial charge in [0.15, 0.2) is 11.5 Å². The van der Waals surface area contributed by atoms with Crippen LogP contribution in [0.3, 0.4) is 0 Å². The van der Waals surface area contributed by atoms with E-state index in [2.05, 4.69) is 22.4 Å². The third-order valence-corrected chi connectivity index (χ3v) is 4.15. The number of piperidine rings is 1. The van der Waals surface area contributed by atoms with Crippen LogP contribution in [0.25, 0.3) is 11.3 Å². The fraction of sp³-hybridized carbons (Fsp3) is 0.471. The van der Waals surface area contributed by atoms with Crippen molar-refractivity contribution in [2.75, 3.05) is 19.6 Å². The molecule has 1 saturated heterocycles. The Morgan fingerprint density at radius 2 is 2.26 bits per heavy atom. The number of hydrogen-bond acceptors (Lipinski definition) is 5. The van der Waals surface area contributed by atoms with Crippen LogP contribution in [-0.2, 0) is 0 Å². The number of carbonyl (C=O) groups is 1. The van der Waals surface area contributed by atoms with Gasteiger partial charge in [0.2, 0.25) is 0 Å². The minimum absolute atomic E-state index is 0.0439. The first-order chi connectivity index (χ1) is 11.3. The van der Waals surface area contributed by atoms with Gasteiger partial charge in [0.1, 0.15) is 0 Å². The molecule has 1 amide bonds. The molecule has 1 N–H and O–H groups in total. The fourth-order valence-electron chi connectivity index (χ4n) is 2.98. The summed E-state index contributed by atoms with van der Waals surface area (Å²) in [7, 11) is 0. The van der Waals surface area contributed by atoms with Crippen LogP contribution in [0.5, 0.6) is 0 Å². The van der Waals surface area contributed by atoms with Crippen LogP contribution in [0.4, 0.5) is 0 Å². The first-order valence-corrected chi connectivity index (χ1v) is 8.18. The molecular weight excluding hydrogens is 292 g/mol. The van der Waals surface area contributed by atoms with Crippen molar-refractivity contribution >= 4 is 5.91 Å². The Labute approximate surface area is 135 Å². The van der Waals surface area contributed by atoms with Crippen molar-refractivity contribution in [3.05, 3.63) is 36.3 Å². The minimum Gasteiger partial charge on any atom is -0.355 e. The second-order valence-electron chi connectivity index (χ2n) is 5.80. The molecule has 0 radical (unpaired) electrons. The second-order valence-corrected chi connectivity index (χ2v) is 5.80. The van der Waals surface area contributed by atoms with Crippen molar-refractivity contribution in [3.8, 4) is 11.3 Å². The van der Waals surface area contributed by atoms with Crippen LogP contribution < -0.4 is 5.32 Å². The van der Waals surface area contributed by atoms with Gasteiger partial charge in [0.05, 0.1) is 0 Å². The molecule has 6 heteroatoms. The molecule has 3 rings (SSSR count). The van der Waals surface area contributed by atoms with Crippen molar-refractivity contribution < 1.29 is 9.32 Å². The monoisotopic (exact) mass is 314 g/mol. The average Bonchev–Trinajstić information content (AvgIpc) is 3.11. The summed E-state index contributed by atoms with van der Waals surface area (Å²) in [6.45, 7) is 4.75. The summed E-state index contributed by atoms with van der Waals surface area (Å²) < 4.78 is 5.34. The molecular formula is C17H22N4O2. The molecule has 6 nitrogen and oxygen atoms in total. The van der Waals surface area contributed by atoms with E-state index in [1.54, 1.807) is 18.5 Å². The van der Waals surface area contributed by atoms with Crippen LogP contribution in [0.2, 0.25) is 0 Å². The smallest absolute Gasteiger partial charge is 0.276 e. The molecule has 2 aromatic rings. The normalized spacial score (nSPS) is 15.5. The molecule has 1 aliphatic rings. The molecule has 2 aromatic heterocycles. The lowest BCUT2D eigenvalue weighted by Gasteiger charge is -2.34. The van der Waals surface area contributed by atoms with E-state index in [1.165, 1.54) is 0 Å². The number of amides is 1. The van der Waals surface area contributed by atoms with E-state index in [0.29, 0.717) is 11.5 Å². The van der Waals surface area contributed by atoms with Gasteiger partial charge >= 0.3 is 0 Å². The quantitative estimate of drug-likeness (QED) is 0.917. The Bertz CT molecular complexity index is 635. The zero-order chi connectivity index (χ0) is 16.1. The number of rotatable bonds is 5. The van der Waals surface area contributed by atoms with Gasteiger partial charge in [-0.05, 0) is 44.5 Å². The molecule has 0 unspecified atom stereocenters. The third kappa shape index (κ3) is 3.59. The molecule has 0 saturated carbocycles. The van der Waals surface area contributed by atoms with E-state index in [9.17, 15) is 4.79 Å². The van der Waals surface area contributed by atoms with Crippen LogP contribution in [0.1, 0.15) is 36.7 Å². The summed E-state index contributed by atoms with van der Waals surface area (Å²) in [6.07, 6.45) is 6.30. The van der Waals surface area contributed by atoms with Crippen LogP contribution in [0.15, 0.2) is 35.1 Å². The van der Waals surface area contributed by atoms with Gasteiger partial charge in [-0.2, -0.15) is 0 Å². The Balaban J connectivity index is 1.78. The van der Waals surface area contributed by atoms with Crippen LogP contribution in [0, 0.1) is 0 Å². The maximum Gasteiger partial charge on any atom is 0.276 e. The lowest BCUT2D eigenvalue weighted by atomic mass is 10.0. The van der Waals surface area contributed by atoms with Crippen molar-refractivity contribution in [2.45, 2.75) is 32.2 Å². The van der Waals surface area contributed by atoms with Gasteiger partial charge in [-0.25, -0.2) is 0 Å². The Hall–Kier alpha value is -2.21. The highest BCUT2D eigenvalue weighted by atomic mass is 16.5. The molecule has 23 heavy (non-hydrogen) atoms. The first-order valence-electron chi connectivity index (χ1n) is 8.18.